The van der Waals surface area contributed by atoms with Crippen molar-refractivity contribution in [2.24, 2.45) is 5.92 Å². The molecule has 2 aliphatic rings. The molecule has 9 N–H and O–H groups in total. The molecule has 0 aromatic carbocycles. The van der Waals surface area contributed by atoms with Gasteiger partial charge in [-0.15, -0.1) is 0 Å². The highest BCUT2D eigenvalue weighted by Crippen LogP contribution is 2.34. The Hall–Kier alpha value is -2.66. The van der Waals surface area contributed by atoms with Crippen LogP contribution in [0.5, 0.6) is 0 Å². The number of carbonyl (C=O) groups excluding carboxylic acids is 1. The Labute approximate surface area is 198 Å². The van der Waals surface area contributed by atoms with Crippen LogP contribution in [0.15, 0.2) is 11.6 Å². The highest BCUT2D eigenvalue weighted by molar-refractivity contribution is 5.87. The Morgan fingerprint density at radius 3 is 2.17 bits per heavy atom. The van der Waals surface area contributed by atoms with Gasteiger partial charge < -0.3 is 55.6 Å². The molecule has 0 radical (unpaired) electrons. The van der Waals surface area contributed by atoms with Gasteiger partial charge in [0, 0.05) is 31.4 Å². The fraction of sp³-hybridized carbons (Fsp3) is 0.700. The number of aliphatic hydroxyl groups excluding tert-OH is 5. The summed E-state index contributed by atoms with van der Waals surface area (Å²) >= 11 is 0. The zero-order valence-corrected chi connectivity index (χ0v) is 18.5. The molecule has 35 heavy (non-hydrogen) atoms. The van der Waals surface area contributed by atoms with E-state index in [2.05, 4.69) is 5.32 Å². The van der Waals surface area contributed by atoms with Gasteiger partial charge in [0.1, 0.15) is 18.3 Å². The van der Waals surface area contributed by atoms with Crippen LogP contribution in [0.4, 0.5) is 0 Å². The fourth-order valence-corrected chi connectivity index (χ4v) is 4.21. The van der Waals surface area contributed by atoms with Crippen molar-refractivity contribution in [2.75, 3.05) is 6.61 Å². The molecular weight excluding hydrogens is 478 g/mol. The molecule has 0 aromatic rings. The van der Waals surface area contributed by atoms with E-state index >= 15 is 0 Å². The molecule has 198 valence electrons. The molecule has 15 nitrogen and oxygen atoms in total. The number of rotatable bonds is 10. The van der Waals surface area contributed by atoms with Crippen LogP contribution in [-0.4, -0.2) is 126 Å². The molecule has 1 saturated carbocycles. The van der Waals surface area contributed by atoms with Crippen LogP contribution >= 0.6 is 0 Å². The van der Waals surface area contributed by atoms with Gasteiger partial charge in [0.15, 0.2) is 12.2 Å². The monoisotopic (exact) mass is 507 g/mol. The summed E-state index contributed by atoms with van der Waals surface area (Å²) in [6, 6.07) is -1.41. The van der Waals surface area contributed by atoms with Gasteiger partial charge in [-0.3, -0.25) is 4.79 Å². The van der Waals surface area contributed by atoms with Crippen LogP contribution in [0.3, 0.4) is 0 Å². The largest absolute Gasteiger partial charge is 0.479 e. The molecule has 15 heteroatoms. The summed E-state index contributed by atoms with van der Waals surface area (Å²) in [6.45, 7) is 0.393. The molecule has 10 atom stereocenters. The van der Waals surface area contributed by atoms with Crippen molar-refractivity contribution in [3.8, 4) is 0 Å². The predicted octanol–water partition coefficient (Wildman–Crippen LogP) is -3.96. The first kappa shape index (κ1) is 28.6. The Morgan fingerprint density at radius 1 is 1.06 bits per heavy atom. The first-order chi connectivity index (χ1) is 16.3. The van der Waals surface area contributed by atoms with Crippen molar-refractivity contribution in [2.45, 2.75) is 74.6 Å². The Balaban J connectivity index is 2.33. The molecule has 0 saturated heterocycles. The molecule has 0 aromatic heterocycles. The summed E-state index contributed by atoms with van der Waals surface area (Å²) in [7, 11) is 0. The number of carboxylic acids is 3. The molecule has 1 fully saturated rings. The highest BCUT2D eigenvalue weighted by atomic mass is 16.5. The minimum Gasteiger partial charge on any atom is -0.479 e. The number of nitrogens with one attached hydrogen (secondary N) is 1. The van der Waals surface area contributed by atoms with Crippen LogP contribution < -0.4 is 5.32 Å². The third-order valence-corrected chi connectivity index (χ3v) is 5.94. The van der Waals surface area contributed by atoms with Gasteiger partial charge in [-0.25, -0.2) is 14.4 Å². The lowest BCUT2D eigenvalue weighted by atomic mass is 9.78. The van der Waals surface area contributed by atoms with Gasteiger partial charge in [0.05, 0.1) is 24.4 Å². The first-order valence-corrected chi connectivity index (χ1v) is 10.6. The van der Waals surface area contributed by atoms with Gasteiger partial charge in [-0.05, 0) is 12.5 Å². The van der Waals surface area contributed by atoms with Gasteiger partial charge in [0.2, 0.25) is 5.91 Å². The van der Waals surface area contributed by atoms with E-state index in [4.69, 9.17) is 14.6 Å². The summed E-state index contributed by atoms with van der Waals surface area (Å²) in [5.41, 5.74) is -0.259. The SMILES string of the molecule is CC(=O)NC1C(OC(C(=O)O)C(O)C(=O)O)CC(CO)C(OC2CC(C(=O)O)=CC(O)C2O)C1O. The van der Waals surface area contributed by atoms with E-state index < -0.39 is 91.2 Å². The van der Waals surface area contributed by atoms with Crippen LogP contribution in [-0.2, 0) is 28.7 Å². The average molecular weight is 507 g/mol. The van der Waals surface area contributed by atoms with E-state index in [0.717, 1.165) is 13.0 Å². The second-order valence-electron chi connectivity index (χ2n) is 8.43. The lowest BCUT2D eigenvalue weighted by Gasteiger charge is -2.46. The minimum atomic E-state index is -2.48. The van der Waals surface area contributed by atoms with Crippen molar-refractivity contribution in [3.05, 3.63) is 11.6 Å². The molecule has 0 aliphatic heterocycles. The summed E-state index contributed by atoms with van der Waals surface area (Å²) in [4.78, 5) is 45.6. The van der Waals surface area contributed by atoms with Gasteiger partial charge in [-0.1, -0.05) is 0 Å². The maximum atomic E-state index is 11.8. The molecule has 2 aliphatic carbocycles. The molecule has 1 amide bonds. The zero-order chi connectivity index (χ0) is 26.6. The Bertz CT molecular complexity index is 846. The van der Waals surface area contributed by atoms with Crippen molar-refractivity contribution < 1.29 is 69.5 Å². The van der Waals surface area contributed by atoms with E-state index in [1.807, 2.05) is 0 Å². The Morgan fingerprint density at radius 2 is 1.69 bits per heavy atom. The number of carbonyl (C=O) groups is 4. The van der Waals surface area contributed by atoms with E-state index in [-0.39, 0.29) is 18.4 Å². The third-order valence-electron chi connectivity index (χ3n) is 5.94. The van der Waals surface area contributed by atoms with Crippen LogP contribution in [0, 0.1) is 5.92 Å². The number of hydrogen-bond acceptors (Lipinski definition) is 11. The van der Waals surface area contributed by atoms with E-state index in [0.29, 0.717) is 0 Å². The summed E-state index contributed by atoms with van der Waals surface area (Å²) in [5.74, 6) is -6.81. The van der Waals surface area contributed by atoms with Crippen LogP contribution in [0.25, 0.3) is 0 Å². The minimum absolute atomic E-state index is 0.259. The third kappa shape index (κ3) is 6.72. The smallest absolute Gasteiger partial charge is 0.336 e. The lowest BCUT2D eigenvalue weighted by molar-refractivity contribution is -0.210. The number of carboxylic acid groups (broad SMARTS) is 3. The predicted molar refractivity (Wildman–Crippen MR) is 110 cm³/mol. The summed E-state index contributed by atoms with van der Waals surface area (Å²) < 4.78 is 11.0. The number of hydrogen-bond donors (Lipinski definition) is 9. The highest BCUT2D eigenvalue weighted by Gasteiger charge is 2.50. The molecule has 2 rings (SSSR count). The normalized spacial score (nSPS) is 34.9. The molecular formula is C20H29NO14. The second-order valence-corrected chi connectivity index (χ2v) is 8.43. The number of aliphatic hydroxyl groups is 5. The molecule has 0 heterocycles. The fourth-order valence-electron chi connectivity index (χ4n) is 4.21. The maximum Gasteiger partial charge on any atom is 0.336 e. The number of aliphatic carboxylic acids is 3. The topological polar surface area (TPSA) is 261 Å². The molecule has 0 spiro atoms. The first-order valence-electron chi connectivity index (χ1n) is 10.6. The molecule has 10 unspecified atom stereocenters. The van der Waals surface area contributed by atoms with Gasteiger partial charge >= 0.3 is 17.9 Å². The van der Waals surface area contributed by atoms with Crippen LogP contribution in [0.2, 0.25) is 0 Å². The lowest BCUT2D eigenvalue weighted by Crippen LogP contribution is -2.64. The Kier molecular flexibility index (Phi) is 9.68. The van der Waals surface area contributed by atoms with E-state index in [1.54, 1.807) is 0 Å². The van der Waals surface area contributed by atoms with Gasteiger partial charge in [0.25, 0.3) is 0 Å². The molecule has 0 bridgehead atoms. The number of ether oxygens (including phenoxy) is 2. The van der Waals surface area contributed by atoms with Crippen molar-refractivity contribution >= 4 is 23.8 Å². The van der Waals surface area contributed by atoms with Crippen LogP contribution in [0.1, 0.15) is 19.8 Å². The zero-order valence-electron chi connectivity index (χ0n) is 18.5. The van der Waals surface area contributed by atoms with E-state index in [1.165, 1.54) is 0 Å². The summed E-state index contributed by atoms with van der Waals surface area (Å²) in [5, 5.41) is 80.6. The summed E-state index contributed by atoms with van der Waals surface area (Å²) in [6.07, 6.45) is -13.5. The second kappa shape index (κ2) is 11.9. The number of amides is 1. The average Bonchev–Trinajstić information content (AvgIpc) is 2.77. The van der Waals surface area contributed by atoms with Crippen molar-refractivity contribution in [3.63, 3.8) is 0 Å². The van der Waals surface area contributed by atoms with Crippen molar-refractivity contribution in [1.29, 1.82) is 0 Å². The maximum absolute atomic E-state index is 11.8. The quantitative estimate of drug-likeness (QED) is 0.137. The van der Waals surface area contributed by atoms with Gasteiger partial charge in [-0.2, -0.15) is 0 Å². The van der Waals surface area contributed by atoms with Crippen molar-refractivity contribution in [1.82, 2.24) is 5.32 Å². The standard InChI is InChI=1S/C20H29NO14/c1-6(23)21-12-10(34-17(20(32)33)15(27)19(30)31)4-8(5-22)16(14(12)26)35-11-3-7(18(28)29)2-9(24)13(11)25/h2,8-17,22,24-27H,3-5H2,1H3,(H,21,23)(H,28,29)(H,30,31)(H,32,33). The van der Waals surface area contributed by atoms with E-state index in [9.17, 15) is 54.9 Å².